The molecule has 0 saturated carbocycles. The molecule has 1 aromatic carbocycles. The van der Waals surface area contributed by atoms with Gasteiger partial charge in [0, 0.05) is 19.9 Å². The molecule has 1 aromatic rings. The van der Waals surface area contributed by atoms with Crippen LogP contribution in [0.5, 0.6) is 5.75 Å². The van der Waals surface area contributed by atoms with Crippen molar-refractivity contribution in [2.24, 2.45) is 5.73 Å². The number of anilines is 1. The highest BCUT2D eigenvalue weighted by Crippen LogP contribution is 2.37. The van der Waals surface area contributed by atoms with E-state index in [-0.39, 0.29) is 25.3 Å². The summed E-state index contributed by atoms with van der Waals surface area (Å²) in [6.45, 7) is 1.70. The third kappa shape index (κ3) is 2.34. The van der Waals surface area contributed by atoms with E-state index in [1.165, 1.54) is 18.9 Å². The van der Waals surface area contributed by atoms with Crippen molar-refractivity contribution < 1.29 is 19.4 Å². The van der Waals surface area contributed by atoms with E-state index in [9.17, 15) is 14.7 Å². The number of methoxy groups -OCH3 is 1. The minimum absolute atomic E-state index is 0.162. The summed E-state index contributed by atoms with van der Waals surface area (Å²) in [6, 6.07) is 5.30. The number of benzene rings is 1. The number of carbonyl (C=O) groups excluding carboxylic acids is 1. The Bertz CT molecular complexity index is 558. The van der Waals surface area contributed by atoms with E-state index in [2.05, 4.69) is 0 Å². The molecule has 2 rings (SSSR count). The fourth-order valence-electron chi connectivity index (χ4n) is 2.53. The Balaban J connectivity index is 2.58. The number of hydrogen-bond acceptors (Lipinski definition) is 4. The van der Waals surface area contributed by atoms with E-state index in [4.69, 9.17) is 10.5 Å². The molecule has 108 valence electrons. The average Bonchev–Trinajstić information content (AvgIpc) is 2.55. The van der Waals surface area contributed by atoms with Gasteiger partial charge < -0.3 is 20.5 Å². The molecule has 20 heavy (non-hydrogen) atoms. The van der Waals surface area contributed by atoms with Crippen molar-refractivity contribution in [1.82, 2.24) is 0 Å². The first-order chi connectivity index (χ1) is 9.39. The monoisotopic (exact) mass is 278 g/mol. The van der Waals surface area contributed by atoms with Gasteiger partial charge in [-0.25, -0.2) is 0 Å². The number of carboxylic acids is 1. The van der Waals surface area contributed by atoms with E-state index >= 15 is 0 Å². The van der Waals surface area contributed by atoms with E-state index in [1.54, 1.807) is 18.2 Å². The maximum atomic E-state index is 11.8. The number of aliphatic carboxylic acids is 1. The van der Waals surface area contributed by atoms with Crippen molar-refractivity contribution in [2.45, 2.75) is 25.3 Å². The molecular formula is C14H18N2O4. The fraction of sp³-hybridized carbons (Fsp3) is 0.429. The molecule has 3 N–H and O–H groups in total. The van der Waals surface area contributed by atoms with Gasteiger partial charge in [0.25, 0.3) is 0 Å². The molecule has 1 aliphatic rings. The smallest absolute Gasteiger partial charge is 0.324 e. The maximum Gasteiger partial charge on any atom is 0.324 e. The Labute approximate surface area is 117 Å². The minimum atomic E-state index is -1.37. The van der Waals surface area contributed by atoms with E-state index in [0.29, 0.717) is 17.0 Å². The summed E-state index contributed by atoms with van der Waals surface area (Å²) in [4.78, 5) is 24.8. The number of carboxylic acid groups (broad SMARTS) is 1. The van der Waals surface area contributed by atoms with Crippen LogP contribution in [0.2, 0.25) is 0 Å². The summed E-state index contributed by atoms with van der Waals surface area (Å²) in [5, 5.41) is 9.34. The van der Waals surface area contributed by atoms with Gasteiger partial charge in [0.1, 0.15) is 11.3 Å². The molecule has 0 spiro atoms. The highest BCUT2D eigenvalue weighted by atomic mass is 16.5. The van der Waals surface area contributed by atoms with Crippen LogP contribution in [0.1, 0.15) is 18.9 Å². The number of fused-ring (bicyclic) bond motifs is 1. The SMILES string of the molecule is COc1cccc2c1N(C(C)=O)CCC(N)(C(=O)O)C2. The summed E-state index contributed by atoms with van der Waals surface area (Å²) in [5.74, 6) is -0.672. The van der Waals surface area contributed by atoms with Crippen LogP contribution >= 0.6 is 0 Å². The van der Waals surface area contributed by atoms with E-state index in [1.807, 2.05) is 0 Å². The maximum absolute atomic E-state index is 11.8. The summed E-state index contributed by atoms with van der Waals surface area (Å²) in [5.41, 5.74) is 5.95. The Hall–Kier alpha value is -2.08. The molecule has 0 radical (unpaired) electrons. The predicted molar refractivity (Wildman–Crippen MR) is 73.9 cm³/mol. The lowest BCUT2D eigenvalue weighted by atomic mass is 9.89. The molecule has 1 atom stereocenters. The molecule has 1 unspecified atom stereocenters. The largest absolute Gasteiger partial charge is 0.495 e. The number of hydrogen-bond donors (Lipinski definition) is 2. The van der Waals surface area contributed by atoms with Crippen molar-refractivity contribution in [3.63, 3.8) is 0 Å². The second kappa shape index (κ2) is 5.13. The molecule has 1 heterocycles. The Morgan fingerprint density at radius 1 is 1.45 bits per heavy atom. The average molecular weight is 278 g/mol. The lowest BCUT2D eigenvalue weighted by Crippen LogP contribution is -2.50. The number of nitrogens with two attached hydrogens (primary N) is 1. The topological polar surface area (TPSA) is 92.9 Å². The first-order valence-electron chi connectivity index (χ1n) is 6.35. The van der Waals surface area contributed by atoms with Gasteiger partial charge >= 0.3 is 5.97 Å². The Morgan fingerprint density at radius 3 is 2.70 bits per heavy atom. The first kappa shape index (κ1) is 14.3. The molecule has 0 aromatic heterocycles. The quantitative estimate of drug-likeness (QED) is 0.833. The van der Waals surface area contributed by atoms with Gasteiger partial charge in [0.2, 0.25) is 5.91 Å². The van der Waals surface area contributed by atoms with Crippen molar-refractivity contribution in [2.75, 3.05) is 18.6 Å². The highest BCUT2D eigenvalue weighted by Gasteiger charge is 2.39. The van der Waals surface area contributed by atoms with Crippen LogP contribution in [0, 0.1) is 0 Å². The molecular weight excluding hydrogens is 260 g/mol. The molecule has 0 bridgehead atoms. The first-order valence-corrected chi connectivity index (χ1v) is 6.35. The van der Waals surface area contributed by atoms with Crippen LogP contribution < -0.4 is 15.4 Å². The summed E-state index contributed by atoms with van der Waals surface area (Å²) < 4.78 is 5.30. The zero-order valence-corrected chi connectivity index (χ0v) is 11.5. The van der Waals surface area contributed by atoms with Crippen LogP contribution in [-0.4, -0.2) is 36.2 Å². The number of rotatable bonds is 2. The number of amides is 1. The second-order valence-corrected chi connectivity index (χ2v) is 5.03. The van der Waals surface area contributed by atoms with Crippen LogP contribution in [0.4, 0.5) is 5.69 Å². The lowest BCUT2D eigenvalue weighted by Gasteiger charge is -2.23. The summed E-state index contributed by atoms with van der Waals surface area (Å²) in [6.07, 6.45) is 0.360. The van der Waals surface area contributed by atoms with Gasteiger partial charge in [0.15, 0.2) is 0 Å². The van der Waals surface area contributed by atoms with Crippen molar-refractivity contribution in [3.05, 3.63) is 23.8 Å². The number of para-hydroxylation sites is 1. The summed E-state index contributed by atoms with van der Waals surface area (Å²) in [7, 11) is 1.52. The number of nitrogens with zero attached hydrogens (tertiary/aromatic N) is 1. The highest BCUT2D eigenvalue weighted by molar-refractivity contribution is 5.95. The number of ether oxygens (including phenoxy) is 1. The normalized spacial score (nSPS) is 21.9. The molecule has 6 nitrogen and oxygen atoms in total. The van der Waals surface area contributed by atoms with Crippen LogP contribution in [-0.2, 0) is 16.0 Å². The third-order valence-corrected chi connectivity index (χ3v) is 3.67. The van der Waals surface area contributed by atoms with Crippen LogP contribution in [0.25, 0.3) is 0 Å². The summed E-state index contributed by atoms with van der Waals surface area (Å²) >= 11 is 0. The zero-order valence-electron chi connectivity index (χ0n) is 11.5. The second-order valence-electron chi connectivity index (χ2n) is 5.03. The van der Waals surface area contributed by atoms with E-state index in [0.717, 1.165) is 0 Å². The van der Waals surface area contributed by atoms with Crippen molar-refractivity contribution in [1.29, 1.82) is 0 Å². The minimum Gasteiger partial charge on any atom is -0.495 e. The molecule has 6 heteroatoms. The number of carbonyl (C=O) groups is 2. The molecule has 0 fully saturated rings. The van der Waals surface area contributed by atoms with Crippen molar-refractivity contribution in [3.8, 4) is 5.75 Å². The van der Waals surface area contributed by atoms with Crippen LogP contribution in [0.15, 0.2) is 18.2 Å². The fourth-order valence-corrected chi connectivity index (χ4v) is 2.53. The van der Waals surface area contributed by atoms with Gasteiger partial charge in [0.05, 0.1) is 12.8 Å². The van der Waals surface area contributed by atoms with Gasteiger partial charge in [-0.05, 0) is 18.1 Å². The predicted octanol–water partition coefficient (Wildman–Crippen LogP) is 0.776. The third-order valence-electron chi connectivity index (χ3n) is 3.67. The lowest BCUT2D eigenvalue weighted by molar-refractivity contribution is -0.143. The van der Waals surface area contributed by atoms with Gasteiger partial charge in [-0.15, -0.1) is 0 Å². The van der Waals surface area contributed by atoms with Gasteiger partial charge in [-0.2, -0.15) is 0 Å². The Kier molecular flexibility index (Phi) is 3.67. The molecule has 1 amide bonds. The molecule has 0 saturated heterocycles. The molecule has 1 aliphatic heterocycles. The van der Waals surface area contributed by atoms with Gasteiger partial charge in [-0.3, -0.25) is 9.59 Å². The standard InChI is InChI=1S/C14H18N2O4/c1-9(17)16-7-6-14(15,13(18)19)8-10-4-3-5-11(20-2)12(10)16/h3-5H,6-8,15H2,1-2H3,(H,18,19). The van der Waals surface area contributed by atoms with Gasteiger partial charge in [-0.1, -0.05) is 12.1 Å². The zero-order chi connectivity index (χ0) is 14.9. The van der Waals surface area contributed by atoms with E-state index < -0.39 is 11.5 Å². The molecule has 0 aliphatic carbocycles. The Morgan fingerprint density at radius 2 is 2.15 bits per heavy atom. The van der Waals surface area contributed by atoms with Crippen LogP contribution in [0.3, 0.4) is 0 Å². The van der Waals surface area contributed by atoms with Crippen molar-refractivity contribution >= 4 is 17.6 Å².